The Hall–Kier alpha value is -2.54. The third-order valence-corrected chi connectivity index (χ3v) is 2.90. The Morgan fingerprint density at radius 1 is 1.33 bits per heavy atom. The Bertz CT molecular complexity index is 697. The van der Waals surface area contributed by atoms with Gasteiger partial charge in [-0.2, -0.15) is 5.10 Å². The molecule has 1 unspecified atom stereocenters. The predicted octanol–water partition coefficient (Wildman–Crippen LogP) is 0.383. The summed E-state index contributed by atoms with van der Waals surface area (Å²) in [5.41, 5.74) is 0.242. The first-order valence-electron chi connectivity index (χ1n) is 6.23. The van der Waals surface area contributed by atoms with E-state index >= 15 is 0 Å². The molecule has 7 heteroatoms. The van der Waals surface area contributed by atoms with Crippen molar-refractivity contribution in [3.63, 3.8) is 0 Å². The number of rotatable bonds is 4. The number of aryl methyl sites for hydroxylation is 1. The predicted molar refractivity (Wildman–Crippen MR) is 73.2 cm³/mol. The molecule has 0 aliphatic rings. The average molecular weight is 291 g/mol. The van der Waals surface area contributed by atoms with Crippen LogP contribution in [0, 0.1) is 5.82 Å². The minimum absolute atomic E-state index is 0.0466. The van der Waals surface area contributed by atoms with Crippen LogP contribution in [0.25, 0.3) is 0 Å². The summed E-state index contributed by atoms with van der Waals surface area (Å²) in [5, 5.41) is 16.2. The van der Waals surface area contributed by atoms with E-state index in [1.54, 1.807) is 0 Å². The summed E-state index contributed by atoms with van der Waals surface area (Å²) < 4.78 is 13.8. The molecule has 1 atom stereocenters. The fraction of sp³-hybridized carbons (Fsp3) is 0.214. The second-order valence-corrected chi connectivity index (χ2v) is 4.46. The van der Waals surface area contributed by atoms with Gasteiger partial charge in [-0.3, -0.25) is 9.59 Å². The minimum atomic E-state index is -0.956. The number of nitrogens with zero attached hydrogens (tertiary/aromatic N) is 2. The highest BCUT2D eigenvalue weighted by molar-refractivity contribution is 5.92. The first kappa shape index (κ1) is 14.9. The smallest absolute Gasteiger partial charge is 0.271 e. The second-order valence-electron chi connectivity index (χ2n) is 4.46. The standard InChI is InChI=1S/C14H14FN3O3/c1-18-13(20)7-6-11(17-18)14(21)16-8-12(19)9-2-4-10(15)5-3-9/h2-7,12,19H,8H2,1H3,(H,16,21). The van der Waals surface area contributed by atoms with Crippen molar-refractivity contribution in [3.05, 3.63) is 63.8 Å². The molecule has 2 N–H and O–H groups in total. The van der Waals surface area contributed by atoms with Crippen LogP contribution in [0.4, 0.5) is 4.39 Å². The molecule has 0 aliphatic carbocycles. The third-order valence-electron chi connectivity index (χ3n) is 2.90. The molecule has 0 saturated heterocycles. The van der Waals surface area contributed by atoms with Crippen LogP contribution in [0.5, 0.6) is 0 Å². The number of amides is 1. The Balaban J connectivity index is 1.98. The molecule has 0 radical (unpaired) electrons. The number of hydrogen-bond acceptors (Lipinski definition) is 4. The molecule has 2 rings (SSSR count). The van der Waals surface area contributed by atoms with Crippen molar-refractivity contribution in [2.24, 2.45) is 7.05 Å². The normalized spacial score (nSPS) is 12.0. The molecule has 1 aromatic carbocycles. The maximum atomic E-state index is 12.8. The minimum Gasteiger partial charge on any atom is -0.387 e. The Kier molecular flexibility index (Phi) is 4.44. The SMILES string of the molecule is Cn1nc(C(=O)NCC(O)c2ccc(F)cc2)ccc1=O. The van der Waals surface area contributed by atoms with Gasteiger partial charge >= 0.3 is 0 Å². The van der Waals surface area contributed by atoms with Gasteiger partial charge in [0.05, 0.1) is 6.10 Å². The summed E-state index contributed by atoms with van der Waals surface area (Å²) in [4.78, 5) is 23.0. The lowest BCUT2D eigenvalue weighted by atomic mass is 10.1. The van der Waals surface area contributed by atoms with Crippen LogP contribution >= 0.6 is 0 Å². The van der Waals surface area contributed by atoms with Crippen LogP contribution in [0.15, 0.2) is 41.2 Å². The molecule has 0 aliphatic heterocycles. The Morgan fingerprint density at radius 2 is 2.00 bits per heavy atom. The van der Waals surface area contributed by atoms with Crippen LogP contribution in [0.3, 0.4) is 0 Å². The molecule has 0 saturated carbocycles. The number of aliphatic hydroxyl groups excluding tert-OH is 1. The maximum Gasteiger partial charge on any atom is 0.271 e. The molecule has 21 heavy (non-hydrogen) atoms. The van der Waals surface area contributed by atoms with E-state index in [2.05, 4.69) is 10.4 Å². The van der Waals surface area contributed by atoms with Crippen molar-refractivity contribution in [1.29, 1.82) is 0 Å². The number of aromatic nitrogens is 2. The lowest BCUT2D eigenvalue weighted by molar-refractivity contribution is 0.0909. The highest BCUT2D eigenvalue weighted by atomic mass is 19.1. The molecule has 0 spiro atoms. The van der Waals surface area contributed by atoms with E-state index in [1.165, 1.54) is 43.4 Å². The molecular weight excluding hydrogens is 277 g/mol. The summed E-state index contributed by atoms with van der Waals surface area (Å²) in [5.74, 6) is -0.906. The zero-order valence-corrected chi connectivity index (χ0v) is 11.3. The van der Waals surface area contributed by atoms with Gasteiger partial charge < -0.3 is 10.4 Å². The molecule has 1 amide bonds. The lowest BCUT2D eigenvalue weighted by Gasteiger charge is -2.12. The molecule has 1 heterocycles. The van der Waals surface area contributed by atoms with Crippen LogP contribution < -0.4 is 10.9 Å². The molecule has 2 aromatic rings. The lowest BCUT2D eigenvalue weighted by Crippen LogP contribution is -2.31. The molecule has 1 aromatic heterocycles. The third kappa shape index (κ3) is 3.73. The summed E-state index contributed by atoms with van der Waals surface area (Å²) in [7, 11) is 1.44. The Morgan fingerprint density at radius 3 is 2.62 bits per heavy atom. The first-order valence-corrected chi connectivity index (χ1v) is 6.23. The van der Waals surface area contributed by atoms with Crippen molar-refractivity contribution < 1.29 is 14.3 Å². The van der Waals surface area contributed by atoms with E-state index in [0.29, 0.717) is 5.56 Å². The summed E-state index contributed by atoms with van der Waals surface area (Å²) in [6.45, 7) is -0.0466. The monoisotopic (exact) mass is 291 g/mol. The molecule has 110 valence electrons. The average Bonchev–Trinajstić information content (AvgIpc) is 2.48. The maximum absolute atomic E-state index is 12.8. The number of nitrogens with one attached hydrogen (secondary N) is 1. The summed E-state index contributed by atoms with van der Waals surface area (Å²) in [6, 6.07) is 7.89. The largest absolute Gasteiger partial charge is 0.387 e. The van der Waals surface area contributed by atoms with Gasteiger partial charge in [-0.25, -0.2) is 9.07 Å². The van der Waals surface area contributed by atoms with Gasteiger partial charge in [-0.15, -0.1) is 0 Å². The molecule has 6 nitrogen and oxygen atoms in total. The highest BCUT2D eigenvalue weighted by Crippen LogP contribution is 2.12. The van der Waals surface area contributed by atoms with Crippen LogP contribution in [0.1, 0.15) is 22.2 Å². The number of halogens is 1. The number of carbonyl (C=O) groups is 1. The zero-order chi connectivity index (χ0) is 15.4. The van der Waals surface area contributed by atoms with Gasteiger partial charge in [-0.05, 0) is 23.8 Å². The summed E-state index contributed by atoms with van der Waals surface area (Å²) in [6.07, 6.45) is -0.956. The fourth-order valence-electron chi connectivity index (χ4n) is 1.71. The van der Waals surface area contributed by atoms with Crippen molar-refractivity contribution >= 4 is 5.91 Å². The zero-order valence-electron chi connectivity index (χ0n) is 11.3. The van der Waals surface area contributed by atoms with E-state index in [4.69, 9.17) is 0 Å². The number of aliphatic hydroxyl groups is 1. The fourth-order valence-corrected chi connectivity index (χ4v) is 1.71. The van der Waals surface area contributed by atoms with Crippen LogP contribution in [-0.4, -0.2) is 27.3 Å². The van der Waals surface area contributed by atoms with Crippen molar-refractivity contribution in [2.75, 3.05) is 6.54 Å². The van der Waals surface area contributed by atoms with Crippen molar-refractivity contribution in [2.45, 2.75) is 6.10 Å². The van der Waals surface area contributed by atoms with E-state index in [-0.39, 0.29) is 17.8 Å². The number of carbonyl (C=O) groups excluding carboxylic acids is 1. The van der Waals surface area contributed by atoms with Gasteiger partial charge in [0.1, 0.15) is 11.5 Å². The van der Waals surface area contributed by atoms with Crippen LogP contribution in [-0.2, 0) is 7.05 Å². The molecule has 0 fully saturated rings. The summed E-state index contributed by atoms with van der Waals surface area (Å²) >= 11 is 0. The van der Waals surface area contributed by atoms with Gasteiger partial charge in [0.15, 0.2) is 0 Å². The van der Waals surface area contributed by atoms with Gasteiger partial charge in [0.25, 0.3) is 11.5 Å². The van der Waals surface area contributed by atoms with E-state index < -0.39 is 17.8 Å². The van der Waals surface area contributed by atoms with Crippen molar-refractivity contribution in [1.82, 2.24) is 15.1 Å². The molecule has 0 bridgehead atoms. The first-order chi connectivity index (χ1) is 9.97. The molecular formula is C14H14FN3O3. The topological polar surface area (TPSA) is 84.2 Å². The van der Waals surface area contributed by atoms with Crippen molar-refractivity contribution in [3.8, 4) is 0 Å². The highest BCUT2D eigenvalue weighted by Gasteiger charge is 2.12. The van der Waals surface area contributed by atoms with Gasteiger partial charge in [0, 0.05) is 19.7 Å². The van der Waals surface area contributed by atoms with E-state index in [1.807, 2.05) is 0 Å². The van der Waals surface area contributed by atoms with Crippen LogP contribution in [0.2, 0.25) is 0 Å². The quantitative estimate of drug-likeness (QED) is 0.853. The number of benzene rings is 1. The van der Waals surface area contributed by atoms with Gasteiger partial charge in [0.2, 0.25) is 0 Å². The van der Waals surface area contributed by atoms with E-state index in [9.17, 15) is 19.1 Å². The van der Waals surface area contributed by atoms with Gasteiger partial charge in [-0.1, -0.05) is 12.1 Å². The number of hydrogen-bond donors (Lipinski definition) is 2. The Labute approximate surface area is 119 Å². The second kappa shape index (κ2) is 6.27. The van der Waals surface area contributed by atoms with E-state index in [0.717, 1.165) is 4.68 Å².